The molecule has 3 fully saturated rings. The van der Waals surface area contributed by atoms with Gasteiger partial charge in [-0.3, -0.25) is 24.0 Å². The van der Waals surface area contributed by atoms with Gasteiger partial charge in [-0.25, -0.2) is 4.79 Å². The molecule has 0 amide bonds. The van der Waals surface area contributed by atoms with Crippen molar-refractivity contribution in [1.82, 2.24) is 0 Å². The van der Waals surface area contributed by atoms with Crippen molar-refractivity contribution in [3.8, 4) is 0 Å². The largest absolute Gasteiger partial charge is 0.465 e. The van der Waals surface area contributed by atoms with E-state index in [9.17, 15) is 33.9 Å². The second-order valence-corrected chi connectivity index (χ2v) is 10.1. The minimum atomic E-state index is -1.99. The Bertz CT molecular complexity index is 1110. The Labute approximate surface area is 251 Å². The van der Waals surface area contributed by atoms with Gasteiger partial charge in [0.25, 0.3) is 5.79 Å². The number of aliphatic hydroxyl groups excluding tert-OH is 1. The summed E-state index contributed by atoms with van der Waals surface area (Å²) in [5.74, 6) is -7.07. The molecule has 0 aromatic heterocycles. The van der Waals surface area contributed by atoms with Crippen LogP contribution in [0.15, 0.2) is 0 Å². The third-order valence-electron chi connectivity index (χ3n) is 6.57. The molecular formula is C26H36O18. The van der Waals surface area contributed by atoms with Gasteiger partial charge in [0.1, 0.15) is 24.9 Å². The molecule has 3 aliphatic rings. The fourth-order valence-corrected chi connectivity index (χ4v) is 4.98. The third-order valence-corrected chi connectivity index (χ3v) is 6.57. The molecule has 248 valence electrons. The van der Waals surface area contributed by atoms with Gasteiger partial charge < -0.3 is 57.2 Å². The third kappa shape index (κ3) is 8.19. The SMILES string of the molecule is COC(=O)[C@]1(C)OC2C(OC(C)=O)[C@H](O[C@@H]3OC(COC(C)=O)[C@H](OC(C)=O)[C@H](OC(C)=O)C3OC(C)=O)[C@@H](CO)O[C@@H]2O1. The van der Waals surface area contributed by atoms with Gasteiger partial charge in [0, 0.05) is 41.5 Å². The van der Waals surface area contributed by atoms with Gasteiger partial charge in [-0.15, -0.1) is 0 Å². The smallest absolute Gasteiger partial charge is 0.366 e. The molecule has 3 saturated heterocycles. The van der Waals surface area contributed by atoms with E-state index in [-0.39, 0.29) is 0 Å². The van der Waals surface area contributed by atoms with E-state index in [1.165, 1.54) is 6.92 Å². The maximum absolute atomic E-state index is 12.4. The number of esters is 6. The molecule has 0 aromatic rings. The predicted molar refractivity (Wildman–Crippen MR) is 135 cm³/mol. The van der Waals surface area contributed by atoms with Crippen molar-refractivity contribution in [3.05, 3.63) is 0 Å². The Morgan fingerprint density at radius 2 is 1.23 bits per heavy atom. The zero-order valence-electron chi connectivity index (χ0n) is 25.1. The van der Waals surface area contributed by atoms with E-state index >= 15 is 0 Å². The maximum Gasteiger partial charge on any atom is 0.366 e. The maximum atomic E-state index is 12.4. The van der Waals surface area contributed by atoms with Crippen LogP contribution in [-0.4, -0.2) is 128 Å². The molecule has 3 aliphatic heterocycles. The van der Waals surface area contributed by atoms with Gasteiger partial charge in [0.15, 0.2) is 43.1 Å². The van der Waals surface area contributed by atoms with Crippen molar-refractivity contribution in [2.24, 2.45) is 0 Å². The van der Waals surface area contributed by atoms with E-state index in [1.54, 1.807) is 0 Å². The summed E-state index contributed by atoms with van der Waals surface area (Å²) in [5.41, 5.74) is 0. The monoisotopic (exact) mass is 636 g/mol. The molecule has 3 rings (SSSR count). The van der Waals surface area contributed by atoms with E-state index in [1.807, 2.05) is 0 Å². The molecule has 4 unspecified atom stereocenters. The molecule has 0 saturated carbocycles. The van der Waals surface area contributed by atoms with Gasteiger partial charge in [0.05, 0.1) is 13.7 Å². The highest BCUT2D eigenvalue weighted by atomic mass is 16.9. The molecule has 0 spiro atoms. The standard InChI is InChI=1S/C26H36O18/c1-10(28)35-9-16-18(36-11(2)29)19(37-12(3)30)21(39-14(5)32)23(41-16)42-17-15(8-27)40-24-22(20(17)38-13(4)31)43-26(6,44-24)25(33)34-7/h15-24,27H,8-9H2,1-7H3/t15-,16?,17-,18+,19+,20?,21?,22?,23+,24-,26-/m1/s1. The number of rotatable bonds is 10. The van der Waals surface area contributed by atoms with Crippen molar-refractivity contribution in [2.45, 2.75) is 109 Å². The van der Waals surface area contributed by atoms with E-state index in [4.69, 9.17) is 52.1 Å². The first-order valence-corrected chi connectivity index (χ1v) is 13.4. The van der Waals surface area contributed by atoms with Crippen molar-refractivity contribution in [2.75, 3.05) is 20.3 Å². The number of ether oxygens (including phenoxy) is 11. The van der Waals surface area contributed by atoms with Gasteiger partial charge >= 0.3 is 35.8 Å². The van der Waals surface area contributed by atoms with Crippen molar-refractivity contribution in [1.29, 1.82) is 0 Å². The summed E-state index contributed by atoms with van der Waals surface area (Å²) in [6.07, 6.45) is -14.7. The molecular weight excluding hydrogens is 600 g/mol. The Balaban J connectivity index is 2.06. The molecule has 0 aromatic carbocycles. The summed E-state index contributed by atoms with van der Waals surface area (Å²) in [6.45, 7) is 5.30. The lowest BCUT2D eigenvalue weighted by atomic mass is 9.96. The molecule has 18 nitrogen and oxygen atoms in total. The molecule has 0 bridgehead atoms. The summed E-state index contributed by atoms with van der Waals surface area (Å²) >= 11 is 0. The van der Waals surface area contributed by atoms with E-state index < -0.39 is 116 Å². The minimum Gasteiger partial charge on any atom is -0.465 e. The fourth-order valence-electron chi connectivity index (χ4n) is 4.98. The van der Waals surface area contributed by atoms with Crippen LogP contribution in [0.3, 0.4) is 0 Å². The van der Waals surface area contributed by atoms with Gasteiger partial charge in [-0.05, 0) is 0 Å². The second-order valence-electron chi connectivity index (χ2n) is 10.1. The number of methoxy groups -OCH3 is 1. The first-order valence-electron chi connectivity index (χ1n) is 13.4. The lowest BCUT2D eigenvalue weighted by Crippen LogP contribution is -2.66. The van der Waals surface area contributed by atoms with Crippen LogP contribution in [0.2, 0.25) is 0 Å². The molecule has 3 heterocycles. The van der Waals surface area contributed by atoms with Crippen LogP contribution in [0.5, 0.6) is 0 Å². The molecule has 11 atom stereocenters. The molecule has 0 aliphatic carbocycles. The Morgan fingerprint density at radius 1 is 0.682 bits per heavy atom. The van der Waals surface area contributed by atoms with Crippen molar-refractivity contribution in [3.63, 3.8) is 0 Å². The highest BCUT2D eigenvalue weighted by Crippen LogP contribution is 2.41. The van der Waals surface area contributed by atoms with Crippen molar-refractivity contribution >= 4 is 35.8 Å². The van der Waals surface area contributed by atoms with Gasteiger partial charge in [-0.2, -0.15) is 0 Å². The van der Waals surface area contributed by atoms with Gasteiger partial charge in [-0.1, -0.05) is 0 Å². The van der Waals surface area contributed by atoms with Crippen LogP contribution in [0, 0.1) is 0 Å². The van der Waals surface area contributed by atoms with Crippen LogP contribution >= 0.6 is 0 Å². The molecule has 0 radical (unpaired) electrons. The first kappa shape index (κ1) is 35.1. The molecule has 44 heavy (non-hydrogen) atoms. The Morgan fingerprint density at radius 3 is 1.75 bits per heavy atom. The minimum absolute atomic E-state index is 0.533. The number of carbonyl (C=O) groups is 6. The number of carbonyl (C=O) groups excluding carboxylic acids is 6. The van der Waals surface area contributed by atoms with Crippen LogP contribution in [-0.2, 0) is 80.9 Å². The summed E-state index contributed by atoms with van der Waals surface area (Å²) in [7, 11) is 1.10. The Kier molecular flexibility index (Phi) is 11.6. The zero-order chi connectivity index (χ0) is 32.9. The topological polar surface area (TPSA) is 224 Å². The zero-order valence-corrected chi connectivity index (χ0v) is 25.1. The predicted octanol–water partition coefficient (Wildman–Crippen LogP) is -1.59. The average molecular weight is 637 g/mol. The van der Waals surface area contributed by atoms with Crippen LogP contribution in [0.25, 0.3) is 0 Å². The number of hydrogen-bond acceptors (Lipinski definition) is 18. The van der Waals surface area contributed by atoms with E-state index in [0.717, 1.165) is 41.7 Å². The average Bonchev–Trinajstić information content (AvgIpc) is 3.27. The van der Waals surface area contributed by atoms with Gasteiger partial charge in [0.2, 0.25) is 0 Å². The van der Waals surface area contributed by atoms with Crippen LogP contribution < -0.4 is 0 Å². The first-order chi connectivity index (χ1) is 20.6. The molecule has 1 N–H and O–H groups in total. The van der Waals surface area contributed by atoms with Crippen LogP contribution in [0.4, 0.5) is 0 Å². The van der Waals surface area contributed by atoms with Crippen LogP contribution in [0.1, 0.15) is 41.5 Å². The summed E-state index contributed by atoms with van der Waals surface area (Å²) in [5, 5.41) is 10.2. The summed E-state index contributed by atoms with van der Waals surface area (Å²) in [6, 6.07) is 0. The fraction of sp³-hybridized carbons (Fsp3) is 0.769. The summed E-state index contributed by atoms with van der Waals surface area (Å²) in [4.78, 5) is 72.5. The Hall–Kier alpha value is -3.42. The lowest BCUT2D eigenvalue weighted by Gasteiger charge is -2.47. The molecule has 18 heteroatoms. The van der Waals surface area contributed by atoms with E-state index in [2.05, 4.69) is 0 Å². The lowest BCUT2D eigenvalue weighted by molar-refractivity contribution is -0.348. The van der Waals surface area contributed by atoms with Crippen molar-refractivity contribution < 1.29 is 86.0 Å². The number of aliphatic hydroxyl groups is 1. The normalized spacial score (nSPS) is 36.3. The highest BCUT2D eigenvalue weighted by molar-refractivity contribution is 5.77. The highest BCUT2D eigenvalue weighted by Gasteiger charge is 2.62. The second kappa shape index (κ2) is 14.6. The number of fused-ring (bicyclic) bond motifs is 1. The van der Waals surface area contributed by atoms with E-state index in [0.29, 0.717) is 0 Å². The summed E-state index contributed by atoms with van der Waals surface area (Å²) < 4.78 is 60.7. The number of hydrogen-bond donors (Lipinski definition) is 1. The quantitative estimate of drug-likeness (QED) is 0.211.